The molecule has 0 saturated carbocycles. The lowest BCUT2D eigenvalue weighted by molar-refractivity contribution is -0.116. The molecule has 0 N–H and O–H groups in total. The van der Waals surface area contributed by atoms with Crippen LogP contribution < -0.4 is 0 Å². The van der Waals surface area contributed by atoms with Crippen molar-refractivity contribution in [2.45, 2.75) is 42.9 Å². The fourth-order valence-corrected chi connectivity index (χ4v) is 7.80. The van der Waals surface area contributed by atoms with E-state index in [9.17, 15) is 13.2 Å². The zero-order valence-electron chi connectivity index (χ0n) is 19.4. The van der Waals surface area contributed by atoms with E-state index in [1.54, 1.807) is 12.1 Å². The minimum atomic E-state index is -3.65. The molecule has 4 aromatic rings. The Labute approximate surface area is 224 Å². The number of thiophene rings is 1. The quantitative estimate of drug-likeness (QED) is 0.233. The molecular formula is C27H24Cl2N2O3S2. The Morgan fingerprint density at radius 1 is 1.11 bits per heavy atom. The third-order valence-corrected chi connectivity index (χ3v) is 10.3. The molecule has 36 heavy (non-hydrogen) atoms. The van der Waals surface area contributed by atoms with Gasteiger partial charge in [0.1, 0.15) is 15.7 Å². The number of rotatable bonds is 8. The van der Waals surface area contributed by atoms with Crippen molar-refractivity contribution in [1.29, 1.82) is 0 Å². The zero-order chi connectivity index (χ0) is 25.3. The first kappa shape index (κ1) is 25.2. The molecule has 2 aromatic heterocycles. The standard InChI is InChI=1S/C27H24Cl2N2O3S2/c28-22-12-11-21(24(29)14-22)16-31-27-18(6-3-8-20(27)15-30-31)7-4-9-23(32)17-36(33,34)26-13-19-5-1-2-10-25(19)35-26/h1-2,5,7,10-15H,3-4,6,8-9,16-17H2/b18-7+. The van der Waals surface area contributed by atoms with Gasteiger partial charge in [0, 0.05) is 21.2 Å². The highest BCUT2D eigenvalue weighted by Gasteiger charge is 2.23. The van der Waals surface area contributed by atoms with Gasteiger partial charge >= 0.3 is 0 Å². The first-order valence-electron chi connectivity index (χ1n) is 11.7. The van der Waals surface area contributed by atoms with Gasteiger partial charge in [-0.05, 0) is 72.0 Å². The fraction of sp³-hybridized carbons (Fsp3) is 0.259. The van der Waals surface area contributed by atoms with E-state index in [1.807, 2.05) is 47.3 Å². The number of benzene rings is 2. The summed E-state index contributed by atoms with van der Waals surface area (Å²) in [5, 5.41) is 6.65. The van der Waals surface area contributed by atoms with Crippen molar-refractivity contribution in [3.05, 3.63) is 87.7 Å². The number of aryl methyl sites for hydroxylation is 1. The van der Waals surface area contributed by atoms with Gasteiger partial charge in [0.2, 0.25) is 0 Å². The topological polar surface area (TPSA) is 69.0 Å². The molecule has 2 heterocycles. The van der Waals surface area contributed by atoms with Crippen molar-refractivity contribution in [3.63, 3.8) is 0 Å². The Hall–Kier alpha value is -2.45. The Bertz CT molecular complexity index is 1550. The van der Waals surface area contributed by atoms with Crippen molar-refractivity contribution >= 4 is 65.8 Å². The molecule has 0 radical (unpaired) electrons. The van der Waals surface area contributed by atoms with Gasteiger partial charge in [0.15, 0.2) is 9.84 Å². The SMILES string of the molecule is O=C(CC/C=C1\CCCc2cnn(Cc3ccc(Cl)cc3Cl)c21)CS(=O)(=O)c1cc2ccccc2s1. The van der Waals surface area contributed by atoms with Gasteiger partial charge in [0.05, 0.1) is 18.4 Å². The second kappa shape index (κ2) is 10.5. The summed E-state index contributed by atoms with van der Waals surface area (Å²) in [6.45, 7) is 0.523. The average Bonchev–Trinajstić information content (AvgIpc) is 3.46. The maximum atomic E-state index is 12.8. The molecule has 2 aromatic carbocycles. The van der Waals surface area contributed by atoms with Crippen LogP contribution in [-0.4, -0.2) is 29.7 Å². The summed E-state index contributed by atoms with van der Waals surface area (Å²) in [6, 6.07) is 14.6. The fourth-order valence-electron chi connectivity index (χ4n) is 4.57. The van der Waals surface area contributed by atoms with Crippen molar-refractivity contribution in [3.8, 4) is 0 Å². The molecule has 9 heteroatoms. The maximum absolute atomic E-state index is 12.8. The molecule has 0 amide bonds. The summed E-state index contributed by atoms with van der Waals surface area (Å²) in [7, 11) is -3.65. The van der Waals surface area contributed by atoms with Crippen LogP contribution in [0.3, 0.4) is 0 Å². The second-order valence-electron chi connectivity index (χ2n) is 8.93. The summed E-state index contributed by atoms with van der Waals surface area (Å²) >= 11 is 13.6. The molecule has 0 atom stereocenters. The van der Waals surface area contributed by atoms with Gasteiger partial charge in [-0.2, -0.15) is 5.10 Å². The lowest BCUT2D eigenvalue weighted by Gasteiger charge is -2.18. The number of fused-ring (bicyclic) bond motifs is 2. The largest absolute Gasteiger partial charge is 0.299 e. The van der Waals surface area contributed by atoms with Gasteiger partial charge in [-0.15, -0.1) is 11.3 Å². The molecule has 1 aliphatic rings. The Kier molecular flexibility index (Phi) is 7.35. The van der Waals surface area contributed by atoms with E-state index in [1.165, 1.54) is 16.9 Å². The lowest BCUT2D eigenvalue weighted by atomic mass is 9.92. The molecule has 0 bridgehead atoms. The van der Waals surface area contributed by atoms with E-state index < -0.39 is 15.6 Å². The number of halogens is 2. The van der Waals surface area contributed by atoms with E-state index >= 15 is 0 Å². The van der Waals surface area contributed by atoms with Crippen LogP contribution in [0.5, 0.6) is 0 Å². The van der Waals surface area contributed by atoms with Crippen molar-refractivity contribution < 1.29 is 13.2 Å². The first-order valence-corrected chi connectivity index (χ1v) is 14.9. The third kappa shape index (κ3) is 5.44. The number of nitrogens with zero attached hydrogens (tertiary/aromatic N) is 2. The summed E-state index contributed by atoms with van der Waals surface area (Å²) in [5.41, 5.74) is 4.31. The van der Waals surface area contributed by atoms with Crippen LogP contribution in [0.1, 0.15) is 42.5 Å². The highest BCUT2D eigenvalue weighted by molar-refractivity contribution is 7.94. The van der Waals surface area contributed by atoms with Crippen molar-refractivity contribution in [2.24, 2.45) is 0 Å². The molecule has 1 aliphatic carbocycles. The molecular weight excluding hydrogens is 535 g/mol. The molecule has 186 valence electrons. The zero-order valence-corrected chi connectivity index (χ0v) is 22.6. The maximum Gasteiger partial charge on any atom is 0.194 e. The summed E-state index contributed by atoms with van der Waals surface area (Å²) in [4.78, 5) is 12.6. The van der Waals surface area contributed by atoms with Crippen LogP contribution in [0.4, 0.5) is 0 Å². The Morgan fingerprint density at radius 3 is 2.75 bits per heavy atom. The van der Waals surface area contributed by atoms with Crippen LogP contribution in [0.15, 0.2) is 65.0 Å². The normalized spacial score (nSPS) is 14.9. The number of ketones is 1. The molecule has 0 spiro atoms. The number of hydrogen-bond donors (Lipinski definition) is 0. The number of carbonyl (C=O) groups is 1. The van der Waals surface area contributed by atoms with Crippen LogP contribution >= 0.6 is 34.5 Å². The molecule has 5 rings (SSSR count). The summed E-state index contributed by atoms with van der Waals surface area (Å²) < 4.78 is 28.7. The number of allylic oxidation sites excluding steroid dienone is 2. The van der Waals surface area contributed by atoms with Crippen LogP contribution in [0.25, 0.3) is 15.7 Å². The number of aromatic nitrogens is 2. The van der Waals surface area contributed by atoms with Crippen LogP contribution in [0, 0.1) is 0 Å². The van der Waals surface area contributed by atoms with E-state index in [-0.39, 0.29) is 16.4 Å². The van der Waals surface area contributed by atoms with Gasteiger partial charge in [-0.1, -0.05) is 53.5 Å². The van der Waals surface area contributed by atoms with Gasteiger partial charge in [-0.25, -0.2) is 8.42 Å². The average molecular weight is 560 g/mol. The minimum absolute atomic E-state index is 0.181. The molecule has 5 nitrogen and oxygen atoms in total. The van der Waals surface area contributed by atoms with E-state index in [0.717, 1.165) is 46.2 Å². The number of Topliss-reactive ketones (excluding diaryl/α,β-unsaturated/α-hetero) is 1. The smallest absolute Gasteiger partial charge is 0.194 e. The Balaban J connectivity index is 1.27. The molecule has 0 aliphatic heterocycles. The predicted molar refractivity (Wildman–Crippen MR) is 147 cm³/mol. The number of carbonyl (C=O) groups excluding carboxylic acids is 1. The monoisotopic (exact) mass is 558 g/mol. The van der Waals surface area contributed by atoms with E-state index in [0.29, 0.717) is 23.0 Å². The van der Waals surface area contributed by atoms with Gasteiger partial charge in [0.25, 0.3) is 0 Å². The second-order valence-corrected chi connectivity index (χ2v) is 13.1. The molecule has 0 unspecified atom stereocenters. The summed E-state index contributed by atoms with van der Waals surface area (Å²) in [6.07, 6.45) is 7.48. The highest BCUT2D eigenvalue weighted by Crippen LogP contribution is 2.33. The number of sulfone groups is 1. The Morgan fingerprint density at radius 2 is 1.94 bits per heavy atom. The van der Waals surface area contributed by atoms with Crippen molar-refractivity contribution in [1.82, 2.24) is 9.78 Å². The summed E-state index contributed by atoms with van der Waals surface area (Å²) in [5.74, 6) is -0.747. The lowest BCUT2D eigenvalue weighted by Crippen LogP contribution is -2.15. The highest BCUT2D eigenvalue weighted by atomic mass is 35.5. The molecule has 0 saturated heterocycles. The third-order valence-electron chi connectivity index (χ3n) is 6.32. The van der Waals surface area contributed by atoms with Gasteiger partial charge < -0.3 is 0 Å². The van der Waals surface area contributed by atoms with Crippen LogP contribution in [-0.2, 0) is 27.6 Å². The predicted octanol–water partition coefficient (Wildman–Crippen LogP) is 7.00. The van der Waals surface area contributed by atoms with Crippen molar-refractivity contribution in [2.75, 3.05) is 5.75 Å². The van der Waals surface area contributed by atoms with Gasteiger partial charge in [-0.3, -0.25) is 9.48 Å². The minimum Gasteiger partial charge on any atom is -0.299 e. The van der Waals surface area contributed by atoms with E-state index in [4.69, 9.17) is 23.2 Å². The van der Waals surface area contributed by atoms with E-state index in [2.05, 4.69) is 11.2 Å². The molecule has 0 fully saturated rings. The first-order chi connectivity index (χ1) is 17.3. The van der Waals surface area contributed by atoms with Crippen LogP contribution in [0.2, 0.25) is 10.0 Å². The number of hydrogen-bond acceptors (Lipinski definition) is 5.